The fourth-order valence-electron chi connectivity index (χ4n) is 1.52. The average molecular weight is 264 g/mol. The van der Waals surface area contributed by atoms with E-state index in [-0.39, 0.29) is 39.9 Å². The maximum atomic E-state index is 11.1. The molecule has 5 N–H and O–H groups in total. The molecule has 2 rings (SSSR count). The first kappa shape index (κ1) is 16.4. The molecule has 0 bridgehead atoms. The zero-order chi connectivity index (χ0) is 11.1. The number of fused-ring (bicyclic) bond motifs is 1. The van der Waals surface area contributed by atoms with Gasteiger partial charge in [0.25, 0.3) is 10.1 Å². The molecule has 0 aliphatic carbocycles. The summed E-state index contributed by atoms with van der Waals surface area (Å²) in [5.74, 6) is 0. The summed E-state index contributed by atoms with van der Waals surface area (Å²) < 4.78 is 31.2. The van der Waals surface area contributed by atoms with E-state index in [0.29, 0.717) is 16.5 Å². The summed E-state index contributed by atoms with van der Waals surface area (Å²) in [4.78, 5) is -0.118. The molecule has 0 fully saturated rings. The van der Waals surface area contributed by atoms with Crippen LogP contribution in [0.15, 0.2) is 41.3 Å². The van der Waals surface area contributed by atoms with Gasteiger partial charge in [-0.15, -0.1) is 0 Å². The van der Waals surface area contributed by atoms with Crippen molar-refractivity contribution in [1.29, 1.82) is 0 Å². The molecule has 0 saturated heterocycles. The Morgan fingerprint density at radius 1 is 1.00 bits per heavy atom. The van der Waals surface area contributed by atoms with Crippen LogP contribution in [0.25, 0.3) is 10.8 Å². The fraction of sp³-hybridized carbons (Fsp3) is 0. The van der Waals surface area contributed by atoms with Crippen molar-refractivity contribution in [3.05, 3.63) is 36.4 Å². The molecule has 17 heavy (non-hydrogen) atoms. The summed E-state index contributed by atoms with van der Waals surface area (Å²) in [5.41, 5.74) is 6.18. The minimum atomic E-state index is -4.20. The van der Waals surface area contributed by atoms with E-state index in [4.69, 9.17) is 10.3 Å². The van der Waals surface area contributed by atoms with Crippen molar-refractivity contribution in [2.24, 2.45) is 0 Å². The van der Waals surface area contributed by atoms with Crippen molar-refractivity contribution in [1.82, 2.24) is 0 Å². The summed E-state index contributed by atoms with van der Waals surface area (Å²) in [5, 5.41) is 1.05. The Labute approximate surface area is 121 Å². The van der Waals surface area contributed by atoms with Crippen LogP contribution in [-0.2, 0) is 10.1 Å². The fourth-order valence-corrected chi connectivity index (χ4v) is 2.22. The van der Waals surface area contributed by atoms with Gasteiger partial charge in [-0.05, 0) is 12.1 Å². The van der Waals surface area contributed by atoms with Gasteiger partial charge in [-0.1, -0.05) is 24.3 Å². The van der Waals surface area contributed by atoms with Crippen LogP contribution < -0.4 is 5.73 Å². The molecule has 7 heteroatoms. The molecular formula is C10H11NNaO4S. The van der Waals surface area contributed by atoms with Crippen LogP contribution in [0.3, 0.4) is 0 Å². The van der Waals surface area contributed by atoms with E-state index in [9.17, 15) is 8.42 Å². The topological polar surface area (TPSA) is 112 Å². The smallest absolute Gasteiger partial charge is 0.295 e. The minimum Gasteiger partial charge on any atom is -0.412 e. The van der Waals surface area contributed by atoms with E-state index >= 15 is 0 Å². The second-order valence-corrected chi connectivity index (χ2v) is 4.56. The maximum Gasteiger partial charge on any atom is 0.295 e. The van der Waals surface area contributed by atoms with Crippen LogP contribution >= 0.6 is 0 Å². The molecule has 2 aromatic rings. The molecule has 87 valence electrons. The number of hydrogen-bond acceptors (Lipinski definition) is 3. The predicted molar refractivity (Wildman–Crippen MR) is 67.5 cm³/mol. The summed E-state index contributed by atoms with van der Waals surface area (Å²) >= 11 is 0. The summed E-state index contributed by atoms with van der Waals surface area (Å²) in [6, 6.07) is 9.52. The zero-order valence-corrected chi connectivity index (χ0v) is 12.0. The molecular weight excluding hydrogens is 253 g/mol. The summed E-state index contributed by atoms with van der Waals surface area (Å²) in [7, 11) is -4.20. The van der Waals surface area contributed by atoms with E-state index < -0.39 is 10.1 Å². The van der Waals surface area contributed by atoms with Crippen LogP contribution in [0.1, 0.15) is 0 Å². The van der Waals surface area contributed by atoms with Gasteiger partial charge in [0.1, 0.15) is 4.90 Å². The van der Waals surface area contributed by atoms with Gasteiger partial charge in [-0.25, -0.2) is 0 Å². The first-order valence-electron chi connectivity index (χ1n) is 4.25. The Bertz CT molecular complexity index is 627. The molecule has 0 aliphatic heterocycles. The van der Waals surface area contributed by atoms with Crippen molar-refractivity contribution in [3.8, 4) is 0 Å². The van der Waals surface area contributed by atoms with E-state index in [1.54, 1.807) is 24.3 Å². The van der Waals surface area contributed by atoms with Gasteiger partial charge < -0.3 is 11.2 Å². The second kappa shape index (κ2) is 5.81. The third-order valence-electron chi connectivity index (χ3n) is 2.20. The molecule has 0 aliphatic rings. The monoisotopic (exact) mass is 264 g/mol. The molecule has 1 radical (unpaired) electrons. The average Bonchev–Trinajstić information content (AvgIpc) is 2.17. The number of rotatable bonds is 1. The Kier molecular flexibility index (Phi) is 5.60. The standard InChI is InChI=1S/C10H9NO3S.Na.H2O/c11-9-5-6-10(15(12,13)14)8-4-2-1-3-7(8)9;;/h1-6H,11H2,(H,12,13,14);;1H2. The molecule has 0 atom stereocenters. The summed E-state index contributed by atoms with van der Waals surface area (Å²) in [6.45, 7) is 0. The predicted octanol–water partition coefficient (Wildman–Crippen LogP) is 0.463. The molecule has 2 aromatic carbocycles. The van der Waals surface area contributed by atoms with Gasteiger partial charge in [0.05, 0.1) is 0 Å². The van der Waals surface area contributed by atoms with Gasteiger partial charge in [-0.2, -0.15) is 8.42 Å². The van der Waals surface area contributed by atoms with Gasteiger partial charge >= 0.3 is 0 Å². The SMILES string of the molecule is Nc1ccc(S(=O)(=O)O)c2ccccc12.O.[Na]. The second-order valence-electron chi connectivity index (χ2n) is 3.17. The van der Waals surface area contributed by atoms with Crippen LogP contribution in [-0.4, -0.2) is 48.0 Å². The molecule has 0 unspecified atom stereocenters. The largest absolute Gasteiger partial charge is 0.412 e. The number of anilines is 1. The van der Waals surface area contributed by atoms with Crippen LogP contribution in [0.2, 0.25) is 0 Å². The van der Waals surface area contributed by atoms with E-state index in [0.717, 1.165) is 0 Å². The Balaban J connectivity index is 0.00000128. The molecule has 0 aromatic heterocycles. The van der Waals surface area contributed by atoms with Gasteiger partial charge in [0, 0.05) is 46.0 Å². The minimum absolute atomic E-state index is 0. The normalized spacial score (nSPS) is 10.4. The van der Waals surface area contributed by atoms with E-state index in [2.05, 4.69) is 0 Å². The summed E-state index contributed by atoms with van der Waals surface area (Å²) in [6.07, 6.45) is 0. The van der Waals surface area contributed by atoms with Crippen molar-refractivity contribution >= 4 is 56.1 Å². The third-order valence-corrected chi connectivity index (χ3v) is 3.11. The Morgan fingerprint density at radius 2 is 1.53 bits per heavy atom. The van der Waals surface area contributed by atoms with Crippen LogP contribution in [0.4, 0.5) is 5.69 Å². The Morgan fingerprint density at radius 3 is 2.06 bits per heavy atom. The van der Waals surface area contributed by atoms with E-state index in [1.807, 2.05) is 0 Å². The molecule has 0 heterocycles. The van der Waals surface area contributed by atoms with Crippen LogP contribution in [0, 0.1) is 0 Å². The first-order valence-corrected chi connectivity index (χ1v) is 5.69. The zero-order valence-electron chi connectivity index (χ0n) is 9.21. The van der Waals surface area contributed by atoms with Crippen LogP contribution in [0.5, 0.6) is 0 Å². The first-order chi connectivity index (χ1) is 7.00. The molecule has 0 saturated carbocycles. The van der Waals surface area contributed by atoms with E-state index in [1.165, 1.54) is 12.1 Å². The van der Waals surface area contributed by atoms with Crippen molar-refractivity contribution in [2.45, 2.75) is 4.90 Å². The number of benzene rings is 2. The molecule has 0 amide bonds. The maximum absolute atomic E-state index is 11.1. The molecule has 0 spiro atoms. The van der Waals surface area contributed by atoms with Gasteiger partial charge in [-0.3, -0.25) is 4.55 Å². The van der Waals surface area contributed by atoms with Crippen molar-refractivity contribution < 1.29 is 18.4 Å². The number of hydrogen-bond donors (Lipinski definition) is 2. The third kappa shape index (κ3) is 3.19. The van der Waals surface area contributed by atoms with Gasteiger partial charge in [0.15, 0.2) is 0 Å². The quantitative estimate of drug-likeness (QED) is 0.442. The van der Waals surface area contributed by atoms with Crippen molar-refractivity contribution in [3.63, 3.8) is 0 Å². The van der Waals surface area contributed by atoms with Gasteiger partial charge in [0.2, 0.25) is 0 Å². The number of nitrogens with two attached hydrogens (primary N) is 1. The number of nitrogen functional groups attached to an aromatic ring is 1. The van der Waals surface area contributed by atoms with Crippen molar-refractivity contribution in [2.75, 3.05) is 5.73 Å². The molecule has 5 nitrogen and oxygen atoms in total. The Hall–Kier alpha value is -0.630.